The van der Waals surface area contributed by atoms with Crippen molar-refractivity contribution in [2.45, 2.75) is 17.7 Å². The topological polar surface area (TPSA) is 124 Å². The predicted molar refractivity (Wildman–Crippen MR) is 68.5 cm³/mol. The summed E-state index contributed by atoms with van der Waals surface area (Å²) in [5.74, 6) is -3.16. The molecule has 11 heteroatoms. The highest BCUT2D eigenvalue weighted by Crippen LogP contribution is 2.33. The SMILES string of the molecule is O=C(O)CCCOc1c(F)cc([N+](=O)[O-])cc1S(=O)(=O)Cl. The molecule has 0 aliphatic heterocycles. The molecule has 0 spiro atoms. The molecule has 116 valence electrons. The molecule has 0 saturated heterocycles. The Hall–Kier alpha value is -1.94. The third kappa shape index (κ3) is 4.83. The number of hydrogen-bond acceptors (Lipinski definition) is 6. The Bertz CT molecular complexity index is 676. The minimum absolute atomic E-state index is 0.00641. The molecule has 0 saturated carbocycles. The number of halogens is 2. The number of benzene rings is 1. The molecule has 0 atom stereocenters. The first kappa shape index (κ1) is 17.1. The fraction of sp³-hybridized carbons (Fsp3) is 0.300. The van der Waals surface area contributed by atoms with E-state index in [0.717, 1.165) is 0 Å². The molecule has 1 N–H and O–H groups in total. The Morgan fingerprint density at radius 2 is 2.10 bits per heavy atom. The molecule has 0 unspecified atom stereocenters. The average molecular weight is 342 g/mol. The molecule has 21 heavy (non-hydrogen) atoms. The lowest BCUT2D eigenvalue weighted by Gasteiger charge is -2.10. The Balaban J connectivity index is 3.12. The number of carbonyl (C=O) groups is 1. The van der Waals surface area contributed by atoms with Gasteiger partial charge in [0.05, 0.1) is 17.6 Å². The zero-order valence-electron chi connectivity index (χ0n) is 10.3. The molecule has 0 aromatic heterocycles. The summed E-state index contributed by atoms with van der Waals surface area (Å²) in [5.41, 5.74) is -0.801. The highest BCUT2D eigenvalue weighted by molar-refractivity contribution is 8.13. The number of hydrogen-bond donors (Lipinski definition) is 1. The van der Waals surface area contributed by atoms with E-state index in [1.165, 1.54) is 0 Å². The number of non-ortho nitro benzene ring substituents is 1. The fourth-order valence-electron chi connectivity index (χ4n) is 1.38. The molecule has 0 heterocycles. The van der Waals surface area contributed by atoms with Crippen LogP contribution in [0, 0.1) is 15.9 Å². The normalized spacial score (nSPS) is 11.1. The van der Waals surface area contributed by atoms with Crippen molar-refractivity contribution in [3.05, 3.63) is 28.1 Å². The number of aliphatic carboxylic acids is 1. The maximum absolute atomic E-state index is 13.7. The van der Waals surface area contributed by atoms with Gasteiger partial charge < -0.3 is 9.84 Å². The quantitative estimate of drug-likeness (QED) is 0.347. The number of rotatable bonds is 7. The van der Waals surface area contributed by atoms with Gasteiger partial charge in [0, 0.05) is 23.2 Å². The Morgan fingerprint density at radius 3 is 2.57 bits per heavy atom. The highest BCUT2D eigenvalue weighted by Gasteiger charge is 2.25. The van der Waals surface area contributed by atoms with Gasteiger partial charge in [0.2, 0.25) is 0 Å². The van der Waals surface area contributed by atoms with Gasteiger partial charge in [-0.1, -0.05) is 0 Å². The van der Waals surface area contributed by atoms with Crippen LogP contribution in [0.4, 0.5) is 10.1 Å². The maximum Gasteiger partial charge on any atom is 0.303 e. The second-order valence-electron chi connectivity index (χ2n) is 3.80. The van der Waals surface area contributed by atoms with Crippen molar-refractivity contribution in [2.75, 3.05) is 6.61 Å². The molecule has 1 aromatic rings. The van der Waals surface area contributed by atoms with Crippen LogP contribution in [0.25, 0.3) is 0 Å². The van der Waals surface area contributed by atoms with E-state index >= 15 is 0 Å². The van der Waals surface area contributed by atoms with Gasteiger partial charge in [0.15, 0.2) is 11.6 Å². The van der Waals surface area contributed by atoms with E-state index in [1.54, 1.807) is 0 Å². The first-order valence-electron chi connectivity index (χ1n) is 5.40. The summed E-state index contributed by atoms with van der Waals surface area (Å²) in [4.78, 5) is 19.0. The minimum Gasteiger partial charge on any atom is -0.489 e. The first-order valence-corrected chi connectivity index (χ1v) is 7.71. The van der Waals surface area contributed by atoms with E-state index < -0.39 is 42.1 Å². The van der Waals surface area contributed by atoms with Gasteiger partial charge in [0.1, 0.15) is 4.90 Å². The standard InChI is InChI=1S/C10H9ClFNO7S/c11-21(18,19)8-5-6(13(16)17)4-7(12)10(8)20-3-1-2-9(14)15/h4-5H,1-3H2,(H,14,15). The molecule has 8 nitrogen and oxygen atoms in total. The number of nitro groups is 1. The third-order valence-corrected chi connectivity index (χ3v) is 3.58. The summed E-state index contributed by atoms with van der Waals surface area (Å²) in [5, 5.41) is 19.0. The summed E-state index contributed by atoms with van der Waals surface area (Å²) in [6, 6.07) is 1.05. The van der Waals surface area contributed by atoms with Crippen LogP contribution in [0.5, 0.6) is 5.75 Å². The Kier molecular flexibility index (Phi) is 5.44. The van der Waals surface area contributed by atoms with E-state index in [-0.39, 0.29) is 19.4 Å². The van der Waals surface area contributed by atoms with Gasteiger partial charge in [-0.15, -0.1) is 0 Å². The third-order valence-electron chi connectivity index (χ3n) is 2.25. The van der Waals surface area contributed by atoms with Crippen LogP contribution in [-0.4, -0.2) is 31.0 Å². The van der Waals surface area contributed by atoms with Crippen molar-refractivity contribution in [1.82, 2.24) is 0 Å². The van der Waals surface area contributed by atoms with Gasteiger partial charge in [-0.05, 0) is 6.42 Å². The van der Waals surface area contributed by atoms with E-state index in [0.29, 0.717) is 12.1 Å². The van der Waals surface area contributed by atoms with Crippen LogP contribution in [0.3, 0.4) is 0 Å². The zero-order valence-corrected chi connectivity index (χ0v) is 11.9. The van der Waals surface area contributed by atoms with Crippen LogP contribution in [0.15, 0.2) is 17.0 Å². The van der Waals surface area contributed by atoms with E-state index in [1.807, 2.05) is 0 Å². The largest absolute Gasteiger partial charge is 0.489 e. The number of ether oxygens (including phenoxy) is 1. The molecule has 0 radical (unpaired) electrons. The van der Waals surface area contributed by atoms with Gasteiger partial charge in [-0.2, -0.15) is 0 Å². The van der Waals surface area contributed by atoms with E-state index in [4.69, 9.17) is 20.5 Å². The fourth-order valence-corrected chi connectivity index (χ4v) is 2.36. The van der Waals surface area contributed by atoms with Gasteiger partial charge in [-0.25, -0.2) is 12.8 Å². The maximum atomic E-state index is 13.7. The Labute approximate surface area is 122 Å². The lowest BCUT2D eigenvalue weighted by atomic mass is 10.3. The van der Waals surface area contributed by atoms with Crippen LogP contribution >= 0.6 is 10.7 Å². The second kappa shape index (κ2) is 6.68. The zero-order chi connectivity index (χ0) is 16.2. The van der Waals surface area contributed by atoms with Gasteiger partial charge >= 0.3 is 5.97 Å². The lowest BCUT2D eigenvalue weighted by molar-refractivity contribution is -0.385. The monoisotopic (exact) mass is 341 g/mol. The van der Waals surface area contributed by atoms with Crippen molar-refractivity contribution in [3.8, 4) is 5.75 Å². The summed E-state index contributed by atoms with van der Waals surface area (Å²) in [6.07, 6.45) is -0.273. The van der Waals surface area contributed by atoms with Crippen molar-refractivity contribution in [1.29, 1.82) is 0 Å². The Morgan fingerprint density at radius 1 is 1.48 bits per heavy atom. The molecule has 0 amide bonds. The molecular formula is C10H9ClFNO7S. The second-order valence-corrected chi connectivity index (χ2v) is 6.33. The number of carboxylic acids is 1. The van der Waals surface area contributed by atoms with E-state index in [2.05, 4.69) is 0 Å². The van der Waals surface area contributed by atoms with Crippen LogP contribution < -0.4 is 4.74 Å². The lowest BCUT2D eigenvalue weighted by Crippen LogP contribution is -2.07. The molecule has 0 aliphatic rings. The smallest absolute Gasteiger partial charge is 0.303 e. The van der Waals surface area contributed by atoms with Crippen LogP contribution in [0.1, 0.15) is 12.8 Å². The number of carboxylic acid groups (broad SMARTS) is 1. The van der Waals surface area contributed by atoms with Crippen molar-refractivity contribution >= 4 is 31.4 Å². The number of nitrogens with zero attached hydrogens (tertiary/aromatic N) is 1. The number of nitro benzene ring substituents is 1. The molecule has 0 aliphatic carbocycles. The van der Waals surface area contributed by atoms with Crippen molar-refractivity contribution < 1.29 is 32.4 Å². The van der Waals surface area contributed by atoms with E-state index in [9.17, 15) is 27.7 Å². The summed E-state index contributed by atoms with van der Waals surface area (Å²) in [7, 11) is 0.605. The highest BCUT2D eigenvalue weighted by atomic mass is 35.7. The van der Waals surface area contributed by atoms with Crippen molar-refractivity contribution in [2.24, 2.45) is 0 Å². The minimum atomic E-state index is -4.48. The van der Waals surface area contributed by atoms with Gasteiger partial charge in [-0.3, -0.25) is 14.9 Å². The average Bonchev–Trinajstić information content (AvgIpc) is 2.33. The molecular weight excluding hydrogens is 333 g/mol. The van der Waals surface area contributed by atoms with Crippen LogP contribution in [0.2, 0.25) is 0 Å². The summed E-state index contributed by atoms with van der Waals surface area (Å²) >= 11 is 0. The molecule has 1 aromatic carbocycles. The van der Waals surface area contributed by atoms with Crippen LogP contribution in [-0.2, 0) is 13.8 Å². The molecule has 0 fully saturated rings. The summed E-state index contributed by atoms with van der Waals surface area (Å²) in [6.45, 7) is -0.291. The summed E-state index contributed by atoms with van der Waals surface area (Å²) < 4.78 is 41.2. The van der Waals surface area contributed by atoms with Gasteiger partial charge in [0.25, 0.3) is 14.7 Å². The molecule has 0 bridgehead atoms. The van der Waals surface area contributed by atoms with Crippen molar-refractivity contribution in [3.63, 3.8) is 0 Å². The predicted octanol–water partition coefficient (Wildman–Crippen LogP) is 1.91. The molecule has 1 rings (SSSR count). The first-order chi connectivity index (χ1) is 9.62.